The summed E-state index contributed by atoms with van der Waals surface area (Å²) in [6.45, 7) is 1.86. The van der Waals surface area contributed by atoms with E-state index in [4.69, 9.17) is 0 Å². The lowest BCUT2D eigenvalue weighted by Gasteiger charge is -2.06. The van der Waals surface area contributed by atoms with Crippen LogP contribution in [0.25, 0.3) is 0 Å². The maximum Gasteiger partial charge on any atom is 0.161 e. The number of hydrogen-bond acceptors (Lipinski definition) is 2. The summed E-state index contributed by atoms with van der Waals surface area (Å²) in [5, 5.41) is 7.03. The Morgan fingerprint density at radius 3 is 2.44 bits per heavy atom. The van der Waals surface area contributed by atoms with Crippen LogP contribution in [0.2, 0.25) is 0 Å². The molecule has 0 bridgehead atoms. The van der Waals surface area contributed by atoms with E-state index in [0.717, 1.165) is 17.4 Å². The van der Waals surface area contributed by atoms with Crippen molar-refractivity contribution in [3.8, 4) is 0 Å². The van der Waals surface area contributed by atoms with E-state index in [-0.39, 0.29) is 12.1 Å². The molecule has 6 heteroatoms. The van der Waals surface area contributed by atoms with Crippen LogP contribution in [0.4, 0.5) is 18.9 Å². The number of rotatable bonds is 3. The van der Waals surface area contributed by atoms with Gasteiger partial charge in [-0.25, -0.2) is 13.2 Å². The number of aromatic nitrogens is 2. The van der Waals surface area contributed by atoms with E-state index in [0.29, 0.717) is 6.07 Å². The third-order valence-corrected chi connectivity index (χ3v) is 2.57. The third-order valence-electron chi connectivity index (χ3n) is 2.57. The number of benzene rings is 1. The average Bonchev–Trinajstić information content (AvgIpc) is 2.61. The lowest BCUT2D eigenvalue weighted by Crippen LogP contribution is -2.04. The van der Waals surface area contributed by atoms with E-state index in [1.165, 1.54) is 0 Å². The molecule has 1 N–H and O–H groups in total. The molecule has 0 saturated carbocycles. The Bertz CT molecular complexity index is 578. The van der Waals surface area contributed by atoms with E-state index >= 15 is 0 Å². The first-order chi connectivity index (χ1) is 8.47. The number of aryl methyl sites for hydroxylation is 2. The van der Waals surface area contributed by atoms with Gasteiger partial charge in [0.05, 0.1) is 11.4 Å². The van der Waals surface area contributed by atoms with Crippen LogP contribution in [0.1, 0.15) is 11.3 Å². The molecule has 96 valence electrons. The van der Waals surface area contributed by atoms with Crippen molar-refractivity contribution in [3.05, 3.63) is 47.0 Å². The smallest absolute Gasteiger partial charge is 0.161 e. The van der Waals surface area contributed by atoms with Crippen molar-refractivity contribution in [1.82, 2.24) is 9.78 Å². The minimum Gasteiger partial charge on any atom is -0.378 e. The summed E-state index contributed by atoms with van der Waals surface area (Å²) in [5.41, 5.74) is 1.54. The van der Waals surface area contributed by atoms with Gasteiger partial charge in [-0.1, -0.05) is 0 Å². The van der Waals surface area contributed by atoms with E-state index in [9.17, 15) is 13.2 Å². The van der Waals surface area contributed by atoms with E-state index in [1.54, 1.807) is 24.9 Å². The Balaban J connectivity index is 2.15. The molecule has 0 aliphatic carbocycles. The number of anilines is 1. The fraction of sp³-hybridized carbons (Fsp3) is 0.250. The summed E-state index contributed by atoms with van der Waals surface area (Å²) in [4.78, 5) is 0. The lowest BCUT2D eigenvalue weighted by atomic mass is 10.2. The molecule has 0 amide bonds. The molecule has 0 aliphatic rings. The van der Waals surface area contributed by atoms with Gasteiger partial charge in [0.2, 0.25) is 0 Å². The van der Waals surface area contributed by atoms with Crippen LogP contribution in [-0.4, -0.2) is 9.78 Å². The van der Waals surface area contributed by atoms with Crippen molar-refractivity contribution in [2.24, 2.45) is 7.05 Å². The van der Waals surface area contributed by atoms with Gasteiger partial charge >= 0.3 is 0 Å². The molecule has 0 saturated heterocycles. The molecule has 0 radical (unpaired) electrons. The molecule has 0 aliphatic heterocycles. The van der Waals surface area contributed by atoms with Crippen LogP contribution in [0.5, 0.6) is 0 Å². The monoisotopic (exact) mass is 255 g/mol. The minimum absolute atomic E-state index is 0.0650. The summed E-state index contributed by atoms with van der Waals surface area (Å²) in [6, 6.07) is 1.39. The molecule has 0 fully saturated rings. The first kappa shape index (κ1) is 12.5. The van der Waals surface area contributed by atoms with Gasteiger partial charge < -0.3 is 5.32 Å². The van der Waals surface area contributed by atoms with Crippen molar-refractivity contribution in [2.75, 3.05) is 5.32 Å². The second-order valence-electron chi connectivity index (χ2n) is 4.01. The number of halogens is 3. The molecule has 0 atom stereocenters. The molecule has 18 heavy (non-hydrogen) atoms. The molecule has 2 rings (SSSR count). The molecule has 0 unspecified atom stereocenters. The van der Waals surface area contributed by atoms with Crippen molar-refractivity contribution in [3.63, 3.8) is 0 Å². The predicted octanol–water partition coefficient (Wildman–Crippen LogP) is 2.76. The van der Waals surface area contributed by atoms with E-state index in [2.05, 4.69) is 10.4 Å². The van der Waals surface area contributed by atoms with Gasteiger partial charge in [0.25, 0.3) is 0 Å². The molecule has 1 aromatic carbocycles. The van der Waals surface area contributed by atoms with Crippen LogP contribution >= 0.6 is 0 Å². The Labute approximate surface area is 102 Å². The minimum atomic E-state index is -1.19. The predicted molar refractivity (Wildman–Crippen MR) is 61.6 cm³/mol. The summed E-state index contributed by atoms with van der Waals surface area (Å²) >= 11 is 0. The van der Waals surface area contributed by atoms with Crippen molar-refractivity contribution >= 4 is 5.69 Å². The zero-order valence-electron chi connectivity index (χ0n) is 9.97. The summed E-state index contributed by atoms with van der Waals surface area (Å²) < 4.78 is 40.7. The van der Waals surface area contributed by atoms with Gasteiger partial charge in [-0.2, -0.15) is 5.10 Å². The largest absolute Gasteiger partial charge is 0.378 e. The highest BCUT2D eigenvalue weighted by molar-refractivity contribution is 5.46. The maximum atomic E-state index is 13.4. The maximum absolute atomic E-state index is 13.4. The standard InChI is InChI=1S/C12H12F3N3/c1-7-12(6-18(2)17-7)16-5-8-3-10(14)11(15)4-9(8)13/h3-4,6,16H,5H2,1-2H3. The average molecular weight is 255 g/mol. The Morgan fingerprint density at radius 2 is 1.83 bits per heavy atom. The Hall–Kier alpha value is -1.98. The fourth-order valence-corrected chi connectivity index (χ4v) is 1.66. The molecule has 0 spiro atoms. The first-order valence-electron chi connectivity index (χ1n) is 5.35. The topological polar surface area (TPSA) is 29.9 Å². The van der Waals surface area contributed by atoms with Crippen LogP contribution in [-0.2, 0) is 13.6 Å². The quantitative estimate of drug-likeness (QED) is 0.855. The van der Waals surface area contributed by atoms with Crippen molar-refractivity contribution in [1.29, 1.82) is 0 Å². The van der Waals surface area contributed by atoms with Crippen LogP contribution in [0.3, 0.4) is 0 Å². The van der Waals surface area contributed by atoms with Crippen LogP contribution in [0, 0.1) is 24.4 Å². The molecule has 1 heterocycles. The fourth-order valence-electron chi connectivity index (χ4n) is 1.66. The van der Waals surface area contributed by atoms with E-state index < -0.39 is 17.5 Å². The normalized spacial score (nSPS) is 10.7. The second-order valence-corrected chi connectivity index (χ2v) is 4.01. The van der Waals surface area contributed by atoms with Gasteiger partial charge in [-0.3, -0.25) is 4.68 Å². The number of hydrogen-bond donors (Lipinski definition) is 1. The van der Waals surface area contributed by atoms with Gasteiger partial charge in [0.1, 0.15) is 5.82 Å². The van der Waals surface area contributed by atoms with Crippen LogP contribution in [0.15, 0.2) is 18.3 Å². The van der Waals surface area contributed by atoms with Crippen molar-refractivity contribution < 1.29 is 13.2 Å². The Morgan fingerprint density at radius 1 is 1.17 bits per heavy atom. The molecular formula is C12H12F3N3. The van der Waals surface area contributed by atoms with Crippen molar-refractivity contribution in [2.45, 2.75) is 13.5 Å². The number of nitrogens with one attached hydrogen (secondary N) is 1. The highest BCUT2D eigenvalue weighted by Gasteiger charge is 2.10. The zero-order valence-corrected chi connectivity index (χ0v) is 9.97. The Kier molecular flexibility index (Phi) is 3.27. The van der Waals surface area contributed by atoms with Gasteiger partial charge in [0, 0.05) is 31.4 Å². The zero-order chi connectivity index (χ0) is 13.3. The second kappa shape index (κ2) is 4.72. The highest BCUT2D eigenvalue weighted by atomic mass is 19.2. The molecule has 2 aromatic rings. The number of nitrogens with zero attached hydrogens (tertiary/aromatic N) is 2. The molecular weight excluding hydrogens is 243 g/mol. The third kappa shape index (κ3) is 2.47. The van der Waals surface area contributed by atoms with E-state index in [1.807, 2.05) is 0 Å². The lowest BCUT2D eigenvalue weighted by molar-refractivity contribution is 0.490. The summed E-state index contributed by atoms with van der Waals surface area (Å²) in [6.07, 6.45) is 1.73. The molecule has 1 aromatic heterocycles. The molecule has 3 nitrogen and oxygen atoms in total. The van der Waals surface area contributed by atoms with Gasteiger partial charge in [-0.15, -0.1) is 0 Å². The van der Waals surface area contributed by atoms with Crippen LogP contribution < -0.4 is 5.32 Å². The summed E-state index contributed by atoms with van der Waals surface area (Å²) in [5.74, 6) is -3.02. The van der Waals surface area contributed by atoms with Gasteiger partial charge in [0.15, 0.2) is 11.6 Å². The highest BCUT2D eigenvalue weighted by Crippen LogP contribution is 2.17. The first-order valence-corrected chi connectivity index (χ1v) is 5.35. The van der Waals surface area contributed by atoms with Gasteiger partial charge in [-0.05, 0) is 13.0 Å². The SMILES string of the molecule is Cc1nn(C)cc1NCc1cc(F)c(F)cc1F. The summed E-state index contributed by atoms with van der Waals surface area (Å²) in [7, 11) is 1.76.